The van der Waals surface area contributed by atoms with E-state index in [9.17, 15) is 4.79 Å². The van der Waals surface area contributed by atoms with Gasteiger partial charge in [-0.25, -0.2) is 4.98 Å². The SMILES string of the molecule is C[C@H](N)C(=O)c1ccc2ccccc2n1. The molecule has 1 heterocycles. The van der Waals surface area contributed by atoms with E-state index in [-0.39, 0.29) is 5.78 Å². The van der Waals surface area contributed by atoms with Gasteiger partial charge >= 0.3 is 0 Å². The summed E-state index contributed by atoms with van der Waals surface area (Å²) < 4.78 is 0. The number of hydrogen-bond donors (Lipinski definition) is 1. The first kappa shape index (κ1) is 9.80. The Hall–Kier alpha value is -1.74. The zero-order valence-corrected chi connectivity index (χ0v) is 8.47. The van der Waals surface area contributed by atoms with E-state index in [1.165, 1.54) is 0 Å². The molecule has 0 unspecified atom stereocenters. The van der Waals surface area contributed by atoms with Crippen LogP contribution in [-0.4, -0.2) is 16.8 Å². The molecule has 1 aromatic heterocycles. The molecule has 76 valence electrons. The van der Waals surface area contributed by atoms with Crippen LogP contribution in [0.15, 0.2) is 36.4 Å². The number of carbonyl (C=O) groups excluding carboxylic acids is 1. The van der Waals surface area contributed by atoms with Crippen molar-refractivity contribution in [2.75, 3.05) is 0 Å². The van der Waals surface area contributed by atoms with Crippen molar-refractivity contribution in [3.63, 3.8) is 0 Å². The fraction of sp³-hybridized carbons (Fsp3) is 0.167. The largest absolute Gasteiger partial charge is 0.321 e. The molecule has 2 aromatic rings. The summed E-state index contributed by atoms with van der Waals surface area (Å²) in [5.41, 5.74) is 6.78. The van der Waals surface area contributed by atoms with Gasteiger partial charge in [-0.15, -0.1) is 0 Å². The number of para-hydroxylation sites is 1. The highest BCUT2D eigenvalue weighted by molar-refractivity contribution is 5.99. The monoisotopic (exact) mass is 200 g/mol. The minimum Gasteiger partial charge on any atom is -0.321 e. The van der Waals surface area contributed by atoms with Crippen molar-refractivity contribution < 1.29 is 4.79 Å². The topological polar surface area (TPSA) is 56.0 Å². The number of carbonyl (C=O) groups is 1. The van der Waals surface area contributed by atoms with Gasteiger partial charge in [0.05, 0.1) is 11.6 Å². The molecule has 3 heteroatoms. The number of pyridine rings is 1. The van der Waals surface area contributed by atoms with Crippen molar-refractivity contribution >= 4 is 16.7 Å². The second kappa shape index (κ2) is 3.79. The summed E-state index contributed by atoms with van der Waals surface area (Å²) in [6, 6.07) is 10.8. The van der Waals surface area contributed by atoms with Crippen molar-refractivity contribution in [3.8, 4) is 0 Å². The van der Waals surface area contributed by atoms with E-state index in [2.05, 4.69) is 4.98 Å². The van der Waals surface area contributed by atoms with E-state index < -0.39 is 6.04 Å². The molecule has 0 aliphatic carbocycles. The Kier molecular flexibility index (Phi) is 2.47. The number of fused-ring (bicyclic) bond motifs is 1. The third-order valence-electron chi connectivity index (χ3n) is 2.26. The molecule has 2 N–H and O–H groups in total. The highest BCUT2D eigenvalue weighted by Gasteiger charge is 2.12. The lowest BCUT2D eigenvalue weighted by molar-refractivity contribution is 0.0963. The van der Waals surface area contributed by atoms with Crippen LogP contribution < -0.4 is 5.73 Å². The first-order chi connectivity index (χ1) is 7.18. The molecule has 0 bridgehead atoms. The minimum absolute atomic E-state index is 0.124. The Balaban J connectivity index is 2.52. The van der Waals surface area contributed by atoms with E-state index in [1.807, 2.05) is 30.3 Å². The van der Waals surface area contributed by atoms with Crippen LogP contribution in [0.1, 0.15) is 17.4 Å². The molecule has 0 amide bonds. The smallest absolute Gasteiger partial charge is 0.197 e. The molecule has 0 saturated carbocycles. The van der Waals surface area contributed by atoms with Gasteiger partial charge in [-0.2, -0.15) is 0 Å². The van der Waals surface area contributed by atoms with Crippen LogP contribution in [0.2, 0.25) is 0 Å². The third-order valence-corrected chi connectivity index (χ3v) is 2.26. The second-order valence-electron chi connectivity index (χ2n) is 3.54. The number of nitrogens with two attached hydrogens (primary N) is 1. The van der Waals surface area contributed by atoms with Gasteiger partial charge in [0, 0.05) is 5.39 Å². The highest BCUT2D eigenvalue weighted by atomic mass is 16.1. The summed E-state index contributed by atoms with van der Waals surface area (Å²) in [4.78, 5) is 15.9. The number of rotatable bonds is 2. The van der Waals surface area contributed by atoms with Gasteiger partial charge in [0.1, 0.15) is 5.69 Å². The Morgan fingerprint density at radius 2 is 2.00 bits per heavy atom. The molecule has 3 nitrogen and oxygen atoms in total. The molecule has 1 aromatic carbocycles. The molecular weight excluding hydrogens is 188 g/mol. The Morgan fingerprint density at radius 3 is 2.73 bits per heavy atom. The Morgan fingerprint density at radius 1 is 1.27 bits per heavy atom. The quantitative estimate of drug-likeness (QED) is 0.751. The van der Waals surface area contributed by atoms with Crippen LogP contribution in [0.5, 0.6) is 0 Å². The van der Waals surface area contributed by atoms with Crippen molar-refractivity contribution in [2.24, 2.45) is 5.73 Å². The first-order valence-corrected chi connectivity index (χ1v) is 4.84. The molecule has 2 rings (SSSR count). The Bertz CT molecular complexity index is 506. The van der Waals surface area contributed by atoms with E-state index >= 15 is 0 Å². The van der Waals surface area contributed by atoms with E-state index in [4.69, 9.17) is 5.73 Å². The summed E-state index contributed by atoms with van der Waals surface area (Å²) in [6.45, 7) is 1.67. The summed E-state index contributed by atoms with van der Waals surface area (Å²) in [6.07, 6.45) is 0. The molecule has 0 aliphatic rings. The van der Waals surface area contributed by atoms with E-state index in [1.54, 1.807) is 13.0 Å². The third kappa shape index (κ3) is 1.87. The zero-order valence-electron chi connectivity index (χ0n) is 8.47. The summed E-state index contributed by atoms with van der Waals surface area (Å²) in [5, 5.41) is 1.03. The van der Waals surface area contributed by atoms with Crippen molar-refractivity contribution in [1.82, 2.24) is 4.98 Å². The predicted octanol–water partition coefficient (Wildman–Crippen LogP) is 1.76. The van der Waals surface area contributed by atoms with Crippen LogP contribution in [0.3, 0.4) is 0 Å². The Labute approximate surface area is 87.9 Å². The van der Waals surface area contributed by atoms with Gasteiger partial charge < -0.3 is 5.73 Å². The molecule has 0 saturated heterocycles. The number of benzene rings is 1. The standard InChI is InChI=1S/C12H12N2O/c1-8(13)12(15)11-7-6-9-4-2-3-5-10(9)14-11/h2-8H,13H2,1H3/t8-/m0/s1. The maximum absolute atomic E-state index is 11.6. The normalized spacial score (nSPS) is 12.7. The van der Waals surface area contributed by atoms with Gasteiger partial charge in [0.25, 0.3) is 0 Å². The van der Waals surface area contributed by atoms with Crippen LogP contribution in [0, 0.1) is 0 Å². The summed E-state index contributed by atoms with van der Waals surface area (Å²) >= 11 is 0. The van der Waals surface area contributed by atoms with Crippen molar-refractivity contribution in [2.45, 2.75) is 13.0 Å². The number of Topliss-reactive ketones (excluding diaryl/α,β-unsaturated/α-hetero) is 1. The lowest BCUT2D eigenvalue weighted by Gasteiger charge is -2.04. The number of nitrogens with zero attached hydrogens (tertiary/aromatic N) is 1. The fourth-order valence-electron chi connectivity index (χ4n) is 1.44. The maximum atomic E-state index is 11.6. The average Bonchev–Trinajstić information content (AvgIpc) is 2.27. The summed E-state index contributed by atoms with van der Waals surface area (Å²) in [7, 11) is 0. The van der Waals surface area contributed by atoms with Crippen LogP contribution >= 0.6 is 0 Å². The zero-order chi connectivity index (χ0) is 10.8. The van der Waals surface area contributed by atoms with Crippen molar-refractivity contribution in [1.29, 1.82) is 0 Å². The van der Waals surface area contributed by atoms with Crippen molar-refractivity contribution in [3.05, 3.63) is 42.1 Å². The number of ketones is 1. The second-order valence-corrected chi connectivity index (χ2v) is 3.54. The van der Waals surface area contributed by atoms with Gasteiger partial charge in [-0.05, 0) is 19.1 Å². The predicted molar refractivity (Wildman–Crippen MR) is 59.7 cm³/mol. The number of hydrogen-bond acceptors (Lipinski definition) is 3. The van der Waals surface area contributed by atoms with E-state index in [0.29, 0.717) is 5.69 Å². The summed E-state index contributed by atoms with van der Waals surface area (Å²) in [5.74, 6) is -0.124. The highest BCUT2D eigenvalue weighted by Crippen LogP contribution is 2.12. The minimum atomic E-state index is -0.501. The fourth-order valence-corrected chi connectivity index (χ4v) is 1.44. The van der Waals surface area contributed by atoms with Crippen LogP contribution in [0.25, 0.3) is 10.9 Å². The van der Waals surface area contributed by atoms with Crippen LogP contribution in [-0.2, 0) is 0 Å². The number of aromatic nitrogens is 1. The van der Waals surface area contributed by atoms with Gasteiger partial charge in [0.15, 0.2) is 5.78 Å². The lowest BCUT2D eigenvalue weighted by Crippen LogP contribution is -2.27. The van der Waals surface area contributed by atoms with Crippen LogP contribution in [0.4, 0.5) is 0 Å². The van der Waals surface area contributed by atoms with Gasteiger partial charge in [-0.3, -0.25) is 4.79 Å². The molecule has 0 fully saturated rings. The molecule has 0 radical (unpaired) electrons. The van der Waals surface area contributed by atoms with Gasteiger partial charge in [0.2, 0.25) is 0 Å². The average molecular weight is 200 g/mol. The molecule has 0 spiro atoms. The molecular formula is C12H12N2O. The first-order valence-electron chi connectivity index (χ1n) is 4.84. The van der Waals surface area contributed by atoms with Gasteiger partial charge in [-0.1, -0.05) is 24.3 Å². The lowest BCUT2D eigenvalue weighted by atomic mass is 10.1. The van der Waals surface area contributed by atoms with E-state index in [0.717, 1.165) is 10.9 Å². The maximum Gasteiger partial charge on any atom is 0.197 e. The molecule has 15 heavy (non-hydrogen) atoms. The molecule has 0 aliphatic heterocycles. The molecule has 1 atom stereocenters.